The van der Waals surface area contributed by atoms with Crippen LogP contribution in [0.5, 0.6) is 0 Å². The molecule has 0 fully saturated rings. The summed E-state index contributed by atoms with van der Waals surface area (Å²) in [5, 5.41) is 14.9. The Labute approximate surface area is 117 Å². The molecule has 2 aromatic heterocycles. The van der Waals surface area contributed by atoms with Crippen LogP contribution >= 0.6 is 11.3 Å². The topological polar surface area (TPSA) is 54.6 Å². The SMILES string of the molecule is Cc1ccc(CNCC(O)COCc2cccs2)o1. The van der Waals surface area contributed by atoms with E-state index >= 15 is 0 Å². The molecule has 104 valence electrons. The van der Waals surface area contributed by atoms with Gasteiger partial charge in [-0.25, -0.2) is 0 Å². The number of aryl methyl sites for hydroxylation is 1. The molecule has 0 aliphatic carbocycles. The van der Waals surface area contributed by atoms with Crippen molar-refractivity contribution in [1.82, 2.24) is 5.32 Å². The van der Waals surface area contributed by atoms with Crippen LogP contribution in [0.2, 0.25) is 0 Å². The molecule has 0 aliphatic rings. The van der Waals surface area contributed by atoms with Gasteiger partial charge in [-0.1, -0.05) is 6.07 Å². The lowest BCUT2D eigenvalue weighted by Crippen LogP contribution is -2.29. The van der Waals surface area contributed by atoms with E-state index in [1.807, 2.05) is 36.6 Å². The van der Waals surface area contributed by atoms with Gasteiger partial charge in [-0.05, 0) is 30.5 Å². The molecule has 0 bridgehead atoms. The molecule has 4 nitrogen and oxygen atoms in total. The molecule has 0 radical (unpaired) electrons. The maximum Gasteiger partial charge on any atom is 0.117 e. The number of hydrogen-bond acceptors (Lipinski definition) is 5. The second kappa shape index (κ2) is 7.45. The highest BCUT2D eigenvalue weighted by Crippen LogP contribution is 2.09. The minimum atomic E-state index is -0.504. The second-order valence-corrected chi connectivity index (χ2v) is 5.42. The number of rotatable bonds is 8. The number of ether oxygens (including phenoxy) is 1. The molecule has 0 aromatic carbocycles. The van der Waals surface area contributed by atoms with Crippen molar-refractivity contribution in [2.75, 3.05) is 13.2 Å². The summed E-state index contributed by atoms with van der Waals surface area (Å²) in [6, 6.07) is 7.88. The van der Waals surface area contributed by atoms with E-state index in [0.29, 0.717) is 26.3 Å². The van der Waals surface area contributed by atoms with Crippen molar-refractivity contribution in [2.45, 2.75) is 26.2 Å². The quantitative estimate of drug-likeness (QED) is 0.779. The molecule has 0 amide bonds. The van der Waals surface area contributed by atoms with E-state index in [1.54, 1.807) is 11.3 Å². The summed E-state index contributed by atoms with van der Waals surface area (Å²) >= 11 is 1.66. The van der Waals surface area contributed by atoms with Gasteiger partial charge in [-0.2, -0.15) is 0 Å². The molecule has 1 unspecified atom stereocenters. The smallest absolute Gasteiger partial charge is 0.117 e. The summed E-state index contributed by atoms with van der Waals surface area (Å²) in [6.45, 7) is 3.92. The minimum Gasteiger partial charge on any atom is -0.465 e. The fourth-order valence-corrected chi connectivity index (χ4v) is 2.33. The zero-order valence-electron chi connectivity index (χ0n) is 11.0. The number of thiophene rings is 1. The summed E-state index contributed by atoms with van der Waals surface area (Å²) in [5.41, 5.74) is 0. The average molecular weight is 281 g/mol. The Balaban J connectivity index is 1.55. The van der Waals surface area contributed by atoms with Gasteiger partial charge < -0.3 is 19.6 Å². The number of aliphatic hydroxyl groups excluding tert-OH is 1. The van der Waals surface area contributed by atoms with Gasteiger partial charge in [0.05, 0.1) is 25.9 Å². The standard InChI is InChI=1S/C14H19NO3S/c1-11-4-5-13(18-11)8-15-7-12(16)9-17-10-14-3-2-6-19-14/h2-6,12,15-16H,7-10H2,1H3. The Kier molecular flexibility index (Phi) is 5.60. The lowest BCUT2D eigenvalue weighted by molar-refractivity contribution is 0.0295. The predicted molar refractivity (Wildman–Crippen MR) is 75.1 cm³/mol. The van der Waals surface area contributed by atoms with Crippen LogP contribution in [0.1, 0.15) is 16.4 Å². The van der Waals surface area contributed by atoms with Crippen LogP contribution in [0.15, 0.2) is 34.1 Å². The van der Waals surface area contributed by atoms with Crippen molar-refractivity contribution in [3.63, 3.8) is 0 Å². The fraction of sp³-hybridized carbons (Fsp3) is 0.429. The maximum absolute atomic E-state index is 9.75. The molecule has 2 aromatic rings. The van der Waals surface area contributed by atoms with E-state index in [2.05, 4.69) is 5.32 Å². The lowest BCUT2D eigenvalue weighted by Gasteiger charge is -2.11. The number of nitrogens with one attached hydrogen (secondary N) is 1. The molecule has 2 heterocycles. The molecule has 0 aliphatic heterocycles. The third kappa shape index (κ3) is 5.16. The largest absolute Gasteiger partial charge is 0.465 e. The van der Waals surface area contributed by atoms with E-state index in [9.17, 15) is 5.11 Å². The zero-order valence-corrected chi connectivity index (χ0v) is 11.8. The fourth-order valence-electron chi connectivity index (χ4n) is 1.69. The molecule has 19 heavy (non-hydrogen) atoms. The molecule has 2 rings (SSSR count). The van der Waals surface area contributed by atoms with E-state index < -0.39 is 6.10 Å². The van der Waals surface area contributed by atoms with Gasteiger partial charge in [0.1, 0.15) is 11.5 Å². The van der Waals surface area contributed by atoms with E-state index in [1.165, 1.54) is 4.88 Å². The highest BCUT2D eigenvalue weighted by atomic mass is 32.1. The third-order valence-electron chi connectivity index (χ3n) is 2.61. The van der Waals surface area contributed by atoms with Crippen molar-refractivity contribution in [1.29, 1.82) is 0 Å². The first-order chi connectivity index (χ1) is 9.24. The summed E-state index contributed by atoms with van der Waals surface area (Å²) in [7, 11) is 0. The van der Waals surface area contributed by atoms with Gasteiger partial charge in [0, 0.05) is 11.4 Å². The number of furan rings is 1. The van der Waals surface area contributed by atoms with Crippen molar-refractivity contribution >= 4 is 11.3 Å². The minimum absolute atomic E-state index is 0.335. The van der Waals surface area contributed by atoms with Crippen molar-refractivity contribution < 1.29 is 14.3 Å². The number of aliphatic hydroxyl groups is 1. The molecule has 0 saturated heterocycles. The van der Waals surface area contributed by atoms with Crippen LogP contribution in [0.3, 0.4) is 0 Å². The van der Waals surface area contributed by atoms with Gasteiger partial charge in [-0.3, -0.25) is 0 Å². The van der Waals surface area contributed by atoms with Crippen LogP contribution < -0.4 is 5.32 Å². The first-order valence-corrected chi connectivity index (χ1v) is 7.16. The summed E-state index contributed by atoms with van der Waals surface area (Å²) in [6.07, 6.45) is -0.504. The first-order valence-electron chi connectivity index (χ1n) is 6.28. The van der Waals surface area contributed by atoms with Gasteiger partial charge in [0.25, 0.3) is 0 Å². The summed E-state index contributed by atoms with van der Waals surface area (Å²) in [5.74, 6) is 1.78. The predicted octanol–water partition coefficient (Wildman–Crippen LogP) is 2.32. The molecule has 0 spiro atoms. The first kappa shape index (κ1) is 14.3. The number of hydrogen-bond donors (Lipinski definition) is 2. The Morgan fingerprint density at radius 2 is 2.32 bits per heavy atom. The van der Waals surface area contributed by atoms with Crippen LogP contribution in [-0.4, -0.2) is 24.4 Å². The Hall–Kier alpha value is -1.14. The van der Waals surface area contributed by atoms with Gasteiger partial charge in [0.15, 0.2) is 0 Å². The summed E-state index contributed by atoms with van der Waals surface area (Å²) in [4.78, 5) is 1.17. The Morgan fingerprint density at radius 1 is 1.42 bits per heavy atom. The monoisotopic (exact) mass is 281 g/mol. The van der Waals surface area contributed by atoms with Gasteiger partial charge in [0.2, 0.25) is 0 Å². The molecule has 1 atom stereocenters. The van der Waals surface area contributed by atoms with Crippen molar-refractivity contribution in [3.8, 4) is 0 Å². The van der Waals surface area contributed by atoms with E-state index in [-0.39, 0.29) is 0 Å². The Bertz CT molecular complexity index is 467. The van der Waals surface area contributed by atoms with E-state index in [4.69, 9.17) is 9.15 Å². The van der Waals surface area contributed by atoms with E-state index in [0.717, 1.165) is 11.5 Å². The highest BCUT2D eigenvalue weighted by molar-refractivity contribution is 7.09. The summed E-state index contributed by atoms with van der Waals surface area (Å²) < 4.78 is 10.9. The average Bonchev–Trinajstić information content (AvgIpc) is 3.01. The normalized spacial score (nSPS) is 12.7. The van der Waals surface area contributed by atoms with Gasteiger partial charge in [-0.15, -0.1) is 11.3 Å². The molecule has 0 saturated carbocycles. The molecular weight excluding hydrogens is 262 g/mol. The highest BCUT2D eigenvalue weighted by Gasteiger charge is 2.05. The molecule has 2 N–H and O–H groups in total. The molecular formula is C14H19NO3S. The zero-order chi connectivity index (χ0) is 13.5. The van der Waals surface area contributed by atoms with Crippen LogP contribution in [0.4, 0.5) is 0 Å². The van der Waals surface area contributed by atoms with Crippen LogP contribution in [-0.2, 0) is 17.9 Å². The van der Waals surface area contributed by atoms with Crippen LogP contribution in [0, 0.1) is 6.92 Å². The maximum atomic E-state index is 9.75. The second-order valence-electron chi connectivity index (χ2n) is 4.39. The van der Waals surface area contributed by atoms with Crippen molar-refractivity contribution in [3.05, 3.63) is 46.0 Å². The lowest BCUT2D eigenvalue weighted by atomic mass is 10.3. The molecule has 5 heteroatoms. The third-order valence-corrected chi connectivity index (χ3v) is 3.46. The van der Waals surface area contributed by atoms with Gasteiger partial charge >= 0.3 is 0 Å². The Morgan fingerprint density at radius 3 is 3.00 bits per heavy atom. The van der Waals surface area contributed by atoms with Crippen LogP contribution in [0.25, 0.3) is 0 Å². The van der Waals surface area contributed by atoms with Crippen molar-refractivity contribution in [2.24, 2.45) is 0 Å².